The van der Waals surface area contributed by atoms with Crippen molar-refractivity contribution in [1.29, 1.82) is 0 Å². The zero-order chi connectivity index (χ0) is 23.0. The van der Waals surface area contributed by atoms with E-state index in [0.717, 1.165) is 0 Å². The summed E-state index contributed by atoms with van der Waals surface area (Å²) >= 11 is 12.4. The van der Waals surface area contributed by atoms with Crippen molar-refractivity contribution >= 4 is 46.3 Å². The zero-order valence-corrected chi connectivity index (χ0v) is 18.5. The van der Waals surface area contributed by atoms with Gasteiger partial charge in [-0.2, -0.15) is 0 Å². The largest absolute Gasteiger partial charge is 0.507 e. The highest BCUT2D eigenvalue weighted by atomic mass is 35.5. The van der Waals surface area contributed by atoms with Gasteiger partial charge >= 0.3 is 0 Å². The number of halogens is 2. The van der Waals surface area contributed by atoms with Crippen LogP contribution in [0, 0.1) is 0 Å². The first kappa shape index (κ1) is 21.8. The quantitative estimate of drug-likeness (QED) is 0.310. The van der Waals surface area contributed by atoms with Gasteiger partial charge in [0, 0.05) is 11.3 Å². The Kier molecular flexibility index (Phi) is 5.86. The van der Waals surface area contributed by atoms with Crippen LogP contribution in [-0.2, 0) is 9.59 Å². The number of carbonyl (C=O) groups excluding carboxylic acids is 2. The number of benzene rings is 2. The number of hydrogen-bond donors (Lipinski definition) is 1. The average molecular weight is 474 g/mol. The summed E-state index contributed by atoms with van der Waals surface area (Å²) in [5.41, 5.74) is 0.433. The number of rotatable bonds is 5. The molecule has 1 aromatic heterocycles. The molecule has 1 unspecified atom stereocenters. The number of ether oxygens (including phenoxy) is 2. The number of Topliss-reactive ketones (excluding diaryl/α,β-unsaturated/α-hetero) is 1. The Balaban J connectivity index is 1.90. The lowest BCUT2D eigenvalue weighted by Gasteiger charge is -2.23. The Labute approximate surface area is 193 Å². The van der Waals surface area contributed by atoms with E-state index < -0.39 is 23.5 Å². The summed E-state index contributed by atoms with van der Waals surface area (Å²) in [4.78, 5) is 27.4. The Bertz CT molecular complexity index is 1190. The maximum Gasteiger partial charge on any atom is 0.300 e. The van der Waals surface area contributed by atoms with Gasteiger partial charge in [-0.05, 0) is 48.5 Å². The standard InChI is InChI=1S/C23H17Cl2NO6/c1-30-14-7-5-13(6-8-14)26-19(17-4-3-9-32-17)18(21(28)23(26)29)20(27)12-10-15(24)22(31-2)16(25)11-12/h3-11,19,27H,1-2H3/b20-18-. The van der Waals surface area contributed by atoms with Gasteiger partial charge in [0.1, 0.15) is 23.3 Å². The van der Waals surface area contributed by atoms with Crippen LogP contribution < -0.4 is 14.4 Å². The smallest absolute Gasteiger partial charge is 0.300 e. The van der Waals surface area contributed by atoms with Crippen LogP contribution in [0.5, 0.6) is 11.5 Å². The summed E-state index contributed by atoms with van der Waals surface area (Å²) in [6, 6.07) is 11.7. The molecule has 2 aromatic carbocycles. The molecule has 0 aliphatic carbocycles. The molecule has 1 N–H and O–H groups in total. The number of aliphatic hydroxyl groups is 1. The second-order valence-corrected chi connectivity index (χ2v) is 7.67. The van der Waals surface area contributed by atoms with E-state index in [0.29, 0.717) is 17.2 Å². The van der Waals surface area contributed by atoms with E-state index in [4.69, 9.17) is 37.1 Å². The number of nitrogens with zero attached hydrogens (tertiary/aromatic N) is 1. The lowest BCUT2D eigenvalue weighted by Crippen LogP contribution is -2.29. The molecule has 7 nitrogen and oxygen atoms in total. The Morgan fingerprint density at radius 3 is 2.22 bits per heavy atom. The van der Waals surface area contributed by atoms with Gasteiger partial charge in [-0.25, -0.2) is 0 Å². The Morgan fingerprint density at radius 1 is 1.03 bits per heavy atom. The lowest BCUT2D eigenvalue weighted by atomic mass is 9.99. The number of anilines is 1. The van der Waals surface area contributed by atoms with Crippen molar-refractivity contribution in [1.82, 2.24) is 0 Å². The summed E-state index contributed by atoms with van der Waals surface area (Å²) in [6.07, 6.45) is 1.42. The minimum atomic E-state index is -1.00. The van der Waals surface area contributed by atoms with Crippen LogP contribution in [0.15, 0.2) is 64.8 Å². The van der Waals surface area contributed by atoms with Crippen LogP contribution in [0.3, 0.4) is 0 Å². The van der Waals surface area contributed by atoms with E-state index in [2.05, 4.69) is 0 Å². The summed E-state index contributed by atoms with van der Waals surface area (Å²) in [6.45, 7) is 0. The molecule has 9 heteroatoms. The van der Waals surface area contributed by atoms with Gasteiger partial charge in [-0.15, -0.1) is 0 Å². The molecule has 0 radical (unpaired) electrons. The molecule has 4 rings (SSSR count). The van der Waals surface area contributed by atoms with E-state index in [-0.39, 0.29) is 26.9 Å². The highest BCUT2D eigenvalue weighted by molar-refractivity contribution is 6.51. The molecular weight excluding hydrogens is 457 g/mol. The zero-order valence-electron chi connectivity index (χ0n) is 17.0. The molecule has 1 amide bonds. The van der Waals surface area contributed by atoms with Gasteiger partial charge in [-0.3, -0.25) is 14.5 Å². The number of furan rings is 1. The SMILES string of the molecule is COc1ccc(N2C(=O)C(=O)/C(=C(\O)c3cc(Cl)c(OC)c(Cl)c3)C2c2ccco2)cc1. The van der Waals surface area contributed by atoms with Crippen LogP contribution in [0.1, 0.15) is 17.4 Å². The Hall–Kier alpha value is -3.42. The van der Waals surface area contributed by atoms with Crippen molar-refractivity contribution in [3.8, 4) is 11.5 Å². The van der Waals surface area contributed by atoms with Crippen molar-refractivity contribution in [2.75, 3.05) is 19.1 Å². The number of methoxy groups -OCH3 is 2. The molecule has 32 heavy (non-hydrogen) atoms. The second-order valence-electron chi connectivity index (χ2n) is 6.86. The molecule has 2 heterocycles. The molecule has 0 saturated carbocycles. The monoisotopic (exact) mass is 473 g/mol. The van der Waals surface area contributed by atoms with Crippen LogP contribution in [0.25, 0.3) is 5.76 Å². The van der Waals surface area contributed by atoms with E-state index in [1.165, 1.54) is 37.5 Å². The maximum absolute atomic E-state index is 13.1. The number of carbonyl (C=O) groups is 2. The van der Waals surface area contributed by atoms with Crippen molar-refractivity contribution in [3.05, 3.63) is 81.7 Å². The predicted octanol–water partition coefficient (Wildman–Crippen LogP) is 5.23. The van der Waals surface area contributed by atoms with Gasteiger partial charge in [0.25, 0.3) is 11.7 Å². The summed E-state index contributed by atoms with van der Waals surface area (Å²) in [5.74, 6) is -1.01. The molecular formula is C23H17Cl2NO6. The molecule has 0 bridgehead atoms. The summed E-state index contributed by atoms with van der Waals surface area (Å²) in [7, 11) is 2.93. The average Bonchev–Trinajstić information content (AvgIpc) is 3.40. The number of hydrogen-bond acceptors (Lipinski definition) is 6. The van der Waals surface area contributed by atoms with E-state index in [9.17, 15) is 14.7 Å². The van der Waals surface area contributed by atoms with E-state index in [1.807, 2.05) is 0 Å². The molecule has 1 atom stereocenters. The minimum absolute atomic E-state index is 0.139. The fourth-order valence-electron chi connectivity index (χ4n) is 3.60. The van der Waals surface area contributed by atoms with Crippen LogP contribution in [0.4, 0.5) is 5.69 Å². The lowest BCUT2D eigenvalue weighted by molar-refractivity contribution is -0.132. The fourth-order valence-corrected chi connectivity index (χ4v) is 4.25. The fraction of sp³-hybridized carbons (Fsp3) is 0.130. The van der Waals surface area contributed by atoms with Gasteiger partial charge < -0.3 is 19.0 Å². The van der Waals surface area contributed by atoms with Crippen LogP contribution in [-0.4, -0.2) is 31.0 Å². The van der Waals surface area contributed by atoms with Gasteiger partial charge in [0.05, 0.1) is 36.1 Å². The predicted molar refractivity (Wildman–Crippen MR) is 119 cm³/mol. The third kappa shape index (κ3) is 3.59. The normalized spacial score (nSPS) is 17.6. The Morgan fingerprint density at radius 2 is 1.69 bits per heavy atom. The molecule has 0 spiro atoms. The molecule has 1 aliphatic rings. The van der Waals surface area contributed by atoms with Gasteiger partial charge in [0.2, 0.25) is 0 Å². The van der Waals surface area contributed by atoms with Gasteiger partial charge in [-0.1, -0.05) is 23.2 Å². The molecule has 1 aliphatic heterocycles. The van der Waals surface area contributed by atoms with Crippen LogP contribution >= 0.6 is 23.2 Å². The van der Waals surface area contributed by atoms with Crippen molar-refractivity contribution in [3.63, 3.8) is 0 Å². The molecule has 164 valence electrons. The highest BCUT2D eigenvalue weighted by Gasteiger charge is 2.48. The van der Waals surface area contributed by atoms with E-state index in [1.54, 1.807) is 36.4 Å². The number of aliphatic hydroxyl groups excluding tert-OH is 1. The third-order valence-corrected chi connectivity index (χ3v) is 5.65. The van der Waals surface area contributed by atoms with Crippen molar-refractivity contribution < 1.29 is 28.6 Å². The van der Waals surface area contributed by atoms with Crippen molar-refractivity contribution in [2.45, 2.75) is 6.04 Å². The summed E-state index contributed by atoms with van der Waals surface area (Å²) in [5, 5.41) is 11.4. The minimum Gasteiger partial charge on any atom is -0.507 e. The van der Waals surface area contributed by atoms with Crippen molar-refractivity contribution in [2.24, 2.45) is 0 Å². The number of ketones is 1. The highest BCUT2D eigenvalue weighted by Crippen LogP contribution is 2.44. The third-order valence-electron chi connectivity index (χ3n) is 5.08. The summed E-state index contributed by atoms with van der Waals surface area (Å²) < 4.78 is 15.8. The molecule has 3 aromatic rings. The molecule has 1 fully saturated rings. The van der Waals surface area contributed by atoms with Gasteiger partial charge in [0.15, 0.2) is 5.75 Å². The second kappa shape index (κ2) is 8.61. The first-order valence-electron chi connectivity index (χ1n) is 9.39. The topological polar surface area (TPSA) is 89.2 Å². The van der Waals surface area contributed by atoms with Crippen LogP contribution in [0.2, 0.25) is 10.0 Å². The first-order valence-corrected chi connectivity index (χ1v) is 10.1. The molecule has 1 saturated heterocycles. The first-order chi connectivity index (χ1) is 15.4. The van der Waals surface area contributed by atoms with E-state index >= 15 is 0 Å². The maximum atomic E-state index is 13.1. The number of amides is 1.